The summed E-state index contributed by atoms with van der Waals surface area (Å²) < 4.78 is 0. The number of carbonyl (C=O) groups excluding carboxylic acids is 1. The maximum absolute atomic E-state index is 11.9. The Morgan fingerprint density at radius 2 is 2.00 bits per heavy atom. The summed E-state index contributed by atoms with van der Waals surface area (Å²) in [7, 11) is 0. The number of nitrogens with one attached hydrogen (secondary N) is 2. The van der Waals surface area contributed by atoms with Gasteiger partial charge in [-0.25, -0.2) is 9.59 Å². The van der Waals surface area contributed by atoms with E-state index >= 15 is 0 Å². The minimum atomic E-state index is -1.15. The lowest BCUT2D eigenvalue weighted by Gasteiger charge is -2.14. The van der Waals surface area contributed by atoms with E-state index < -0.39 is 18.0 Å². The third kappa shape index (κ3) is 3.58. The van der Waals surface area contributed by atoms with Gasteiger partial charge in [-0.2, -0.15) is 5.26 Å². The van der Waals surface area contributed by atoms with Crippen LogP contribution in [0.15, 0.2) is 41.8 Å². The van der Waals surface area contributed by atoms with Crippen LogP contribution in [0.4, 0.5) is 10.5 Å². The molecule has 1 aromatic heterocycles. The van der Waals surface area contributed by atoms with Gasteiger partial charge in [0.1, 0.15) is 6.07 Å². The second-order valence-corrected chi connectivity index (χ2v) is 5.02. The van der Waals surface area contributed by atoms with Gasteiger partial charge in [0.25, 0.3) is 0 Å². The zero-order valence-corrected chi connectivity index (χ0v) is 11.6. The standard InChI is InChI=1S/C14H11N3O3S/c15-8-9-4-1-2-5-10(9)16-14(20)17-12(13(18)19)11-6-3-7-21-11/h1-7,12H,(H,18,19)(H2,16,17,20). The van der Waals surface area contributed by atoms with E-state index in [1.165, 1.54) is 11.3 Å². The molecule has 3 N–H and O–H groups in total. The first-order valence-electron chi connectivity index (χ1n) is 5.94. The molecule has 0 saturated carbocycles. The van der Waals surface area contributed by atoms with Crippen LogP contribution < -0.4 is 10.6 Å². The lowest BCUT2D eigenvalue weighted by molar-refractivity contribution is -0.139. The molecule has 0 aliphatic heterocycles. The fourth-order valence-corrected chi connectivity index (χ4v) is 2.46. The van der Waals surface area contributed by atoms with Crippen LogP contribution in [0.2, 0.25) is 0 Å². The molecule has 2 aromatic rings. The zero-order valence-electron chi connectivity index (χ0n) is 10.7. The molecule has 1 aromatic carbocycles. The molecule has 0 spiro atoms. The van der Waals surface area contributed by atoms with Crippen LogP contribution in [0.25, 0.3) is 0 Å². The molecule has 1 heterocycles. The molecule has 2 amide bonds. The van der Waals surface area contributed by atoms with Gasteiger partial charge in [-0.05, 0) is 23.6 Å². The van der Waals surface area contributed by atoms with E-state index in [0.717, 1.165) is 0 Å². The summed E-state index contributed by atoms with van der Waals surface area (Å²) in [5.41, 5.74) is 0.628. The quantitative estimate of drug-likeness (QED) is 0.807. The molecule has 0 fully saturated rings. The minimum absolute atomic E-state index is 0.302. The Bertz CT molecular complexity index is 692. The number of urea groups is 1. The van der Waals surface area contributed by atoms with Crippen molar-refractivity contribution in [3.63, 3.8) is 0 Å². The SMILES string of the molecule is N#Cc1ccccc1NC(=O)NC(C(=O)O)c1cccs1. The molecular formula is C14H11N3O3S. The smallest absolute Gasteiger partial charge is 0.331 e. The predicted molar refractivity (Wildman–Crippen MR) is 78.0 cm³/mol. The second-order valence-electron chi connectivity index (χ2n) is 4.04. The lowest BCUT2D eigenvalue weighted by atomic mass is 10.2. The highest BCUT2D eigenvalue weighted by molar-refractivity contribution is 7.10. The van der Waals surface area contributed by atoms with Crippen molar-refractivity contribution in [2.75, 3.05) is 5.32 Å². The number of hydrogen-bond donors (Lipinski definition) is 3. The molecule has 1 unspecified atom stereocenters. The Labute approximate surface area is 124 Å². The molecule has 6 nitrogen and oxygen atoms in total. The van der Waals surface area contributed by atoms with Crippen LogP contribution in [0.3, 0.4) is 0 Å². The second kappa shape index (κ2) is 6.54. The fourth-order valence-electron chi connectivity index (χ4n) is 1.69. The number of hydrogen-bond acceptors (Lipinski definition) is 4. The summed E-state index contributed by atoms with van der Waals surface area (Å²) >= 11 is 1.24. The molecule has 0 aliphatic rings. The van der Waals surface area contributed by atoms with E-state index in [1.807, 2.05) is 6.07 Å². The van der Waals surface area contributed by atoms with Crippen molar-refractivity contribution in [2.45, 2.75) is 6.04 Å². The molecule has 0 radical (unpaired) electrons. The third-order valence-corrected chi connectivity index (χ3v) is 3.58. The van der Waals surface area contributed by atoms with Gasteiger partial charge in [-0.15, -0.1) is 11.3 Å². The number of carboxylic acid groups (broad SMARTS) is 1. The van der Waals surface area contributed by atoms with Gasteiger partial charge >= 0.3 is 12.0 Å². The van der Waals surface area contributed by atoms with E-state index in [1.54, 1.807) is 41.8 Å². The topological polar surface area (TPSA) is 102 Å². The molecular weight excluding hydrogens is 290 g/mol. The van der Waals surface area contributed by atoms with Crippen LogP contribution in [0.5, 0.6) is 0 Å². The predicted octanol–water partition coefficient (Wildman–Crippen LogP) is 2.57. The van der Waals surface area contributed by atoms with Gasteiger partial charge < -0.3 is 15.7 Å². The number of anilines is 1. The van der Waals surface area contributed by atoms with Gasteiger partial charge in [0.2, 0.25) is 0 Å². The highest BCUT2D eigenvalue weighted by Crippen LogP contribution is 2.20. The first-order valence-corrected chi connectivity index (χ1v) is 6.82. The van der Waals surface area contributed by atoms with Crippen molar-refractivity contribution in [2.24, 2.45) is 0 Å². The van der Waals surface area contributed by atoms with Gasteiger partial charge in [-0.1, -0.05) is 18.2 Å². The van der Waals surface area contributed by atoms with Crippen LogP contribution in [0.1, 0.15) is 16.5 Å². The van der Waals surface area contributed by atoms with Crippen molar-refractivity contribution in [3.8, 4) is 6.07 Å². The van der Waals surface area contributed by atoms with Crippen molar-refractivity contribution < 1.29 is 14.7 Å². The minimum Gasteiger partial charge on any atom is -0.479 e. The van der Waals surface area contributed by atoms with E-state index in [2.05, 4.69) is 10.6 Å². The van der Waals surface area contributed by atoms with Crippen molar-refractivity contribution >= 4 is 29.0 Å². The molecule has 0 bridgehead atoms. The third-order valence-electron chi connectivity index (χ3n) is 2.65. The molecule has 21 heavy (non-hydrogen) atoms. The maximum Gasteiger partial charge on any atom is 0.331 e. The van der Waals surface area contributed by atoms with Gasteiger partial charge in [0.15, 0.2) is 6.04 Å². The average Bonchev–Trinajstić information content (AvgIpc) is 2.99. The van der Waals surface area contributed by atoms with E-state index in [-0.39, 0.29) is 0 Å². The van der Waals surface area contributed by atoms with Gasteiger partial charge in [0.05, 0.1) is 11.3 Å². The summed E-state index contributed by atoms with van der Waals surface area (Å²) in [6, 6.07) is 9.95. The lowest BCUT2D eigenvalue weighted by Crippen LogP contribution is -2.36. The number of amides is 2. The van der Waals surface area contributed by atoms with Crippen LogP contribution in [-0.2, 0) is 4.79 Å². The molecule has 7 heteroatoms. The summed E-state index contributed by atoms with van der Waals surface area (Å²) in [5.74, 6) is -1.15. The molecule has 106 valence electrons. The van der Waals surface area contributed by atoms with Crippen molar-refractivity contribution in [3.05, 3.63) is 52.2 Å². The highest BCUT2D eigenvalue weighted by atomic mass is 32.1. The molecule has 0 aliphatic carbocycles. The number of aliphatic carboxylic acids is 1. The summed E-state index contributed by atoms with van der Waals surface area (Å²) in [6.45, 7) is 0. The summed E-state index contributed by atoms with van der Waals surface area (Å²) in [5, 5.41) is 24.7. The van der Waals surface area contributed by atoms with E-state index in [0.29, 0.717) is 16.1 Å². The van der Waals surface area contributed by atoms with Crippen LogP contribution >= 0.6 is 11.3 Å². The van der Waals surface area contributed by atoms with Crippen LogP contribution in [0, 0.1) is 11.3 Å². The normalized spacial score (nSPS) is 11.2. The first-order chi connectivity index (χ1) is 10.1. The Balaban J connectivity index is 2.10. The maximum atomic E-state index is 11.9. The fraction of sp³-hybridized carbons (Fsp3) is 0.0714. The van der Waals surface area contributed by atoms with Crippen molar-refractivity contribution in [1.29, 1.82) is 5.26 Å². The summed E-state index contributed by atoms with van der Waals surface area (Å²) in [6.07, 6.45) is 0. The average molecular weight is 301 g/mol. The molecule has 0 saturated heterocycles. The number of carboxylic acids is 1. The zero-order chi connectivity index (χ0) is 15.2. The number of thiophene rings is 1. The first kappa shape index (κ1) is 14.6. The molecule has 1 atom stereocenters. The van der Waals surface area contributed by atoms with E-state index in [4.69, 9.17) is 5.26 Å². The Kier molecular flexibility index (Phi) is 4.53. The van der Waals surface area contributed by atoms with Gasteiger partial charge in [0, 0.05) is 4.88 Å². The Hall–Kier alpha value is -2.85. The number of para-hydroxylation sites is 1. The highest BCUT2D eigenvalue weighted by Gasteiger charge is 2.23. The van der Waals surface area contributed by atoms with Crippen molar-refractivity contribution in [1.82, 2.24) is 5.32 Å². The summed E-state index contributed by atoms with van der Waals surface area (Å²) in [4.78, 5) is 23.6. The number of nitrogens with zero attached hydrogens (tertiary/aromatic N) is 1. The van der Waals surface area contributed by atoms with Crippen LogP contribution in [-0.4, -0.2) is 17.1 Å². The largest absolute Gasteiger partial charge is 0.479 e. The molecule has 2 rings (SSSR count). The number of benzene rings is 1. The number of rotatable bonds is 4. The van der Waals surface area contributed by atoms with E-state index in [9.17, 15) is 14.7 Å². The van der Waals surface area contributed by atoms with Gasteiger partial charge in [-0.3, -0.25) is 0 Å². The Morgan fingerprint density at radius 3 is 2.62 bits per heavy atom. The number of nitriles is 1. The number of carbonyl (C=O) groups is 2. The Morgan fingerprint density at radius 1 is 1.24 bits per heavy atom. The monoisotopic (exact) mass is 301 g/mol.